The van der Waals surface area contributed by atoms with E-state index < -0.39 is 5.78 Å². The van der Waals surface area contributed by atoms with Crippen molar-refractivity contribution in [1.29, 1.82) is 0 Å². The fraction of sp³-hybridized carbons (Fsp3) is 0.381. The van der Waals surface area contributed by atoms with Crippen LogP contribution in [0.15, 0.2) is 54.3 Å². The molecular formula is C21H28O3. The molecule has 24 heavy (non-hydrogen) atoms. The Bertz CT molecular complexity index is 694. The van der Waals surface area contributed by atoms with E-state index in [-0.39, 0.29) is 33.5 Å². The van der Waals surface area contributed by atoms with Gasteiger partial charge in [0.05, 0.1) is 11.1 Å². The SMILES string of the molecule is C=C/C=C\C(C(=O)c1ccc(C(C)(C)C(C)(C)C)cc1O)=C(/C)O. The lowest BCUT2D eigenvalue weighted by atomic mass is 9.65. The highest BCUT2D eigenvalue weighted by molar-refractivity contribution is 6.12. The van der Waals surface area contributed by atoms with Crippen LogP contribution in [0.1, 0.15) is 57.5 Å². The number of hydrogen-bond donors (Lipinski definition) is 2. The Morgan fingerprint density at radius 2 is 1.75 bits per heavy atom. The molecule has 1 aromatic carbocycles. The monoisotopic (exact) mass is 328 g/mol. The van der Waals surface area contributed by atoms with Gasteiger partial charge >= 0.3 is 0 Å². The number of phenolic OH excluding ortho intramolecular Hbond substituents is 1. The number of phenols is 1. The van der Waals surface area contributed by atoms with Gasteiger partial charge in [-0.1, -0.05) is 59.4 Å². The normalized spacial score (nSPS) is 13.8. The molecule has 0 bridgehead atoms. The van der Waals surface area contributed by atoms with Crippen molar-refractivity contribution in [2.75, 3.05) is 0 Å². The van der Waals surface area contributed by atoms with Crippen molar-refractivity contribution in [3.8, 4) is 5.75 Å². The minimum atomic E-state index is -0.425. The van der Waals surface area contributed by atoms with Crippen molar-refractivity contribution < 1.29 is 15.0 Å². The average molecular weight is 328 g/mol. The zero-order valence-electron chi connectivity index (χ0n) is 15.5. The Morgan fingerprint density at radius 3 is 2.17 bits per heavy atom. The van der Waals surface area contributed by atoms with E-state index in [9.17, 15) is 15.0 Å². The molecule has 0 aromatic heterocycles. The predicted molar refractivity (Wildman–Crippen MR) is 99.6 cm³/mol. The van der Waals surface area contributed by atoms with Gasteiger partial charge in [-0.15, -0.1) is 0 Å². The minimum absolute atomic E-state index is 0.00951. The minimum Gasteiger partial charge on any atom is -0.512 e. The molecule has 0 aliphatic heterocycles. The van der Waals surface area contributed by atoms with E-state index in [0.717, 1.165) is 5.56 Å². The third kappa shape index (κ3) is 3.97. The predicted octanol–water partition coefficient (Wildman–Crippen LogP) is 5.47. The Balaban J connectivity index is 3.35. The lowest BCUT2D eigenvalue weighted by Crippen LogP contribution is -2.33. The van der Waals surface area contributed by atoms with Crippen molar-refractivity contribution in [3.63, 3.8) is 0 Å². The molecule has 0 amide bonds. The quantitative estimate of drug-likeness (QED) is 0.326. The van der Waals surface area contributed by atoms with Crippen LogP contribution in [0, 0.1) is 5.41 Å². The fourth-order valence-corrected chi connectivity index (χ4v) is 2.22. The molecule has 0 saturated carbocycles. The number of aromatic hydroxyl groups is 1. The third-order valence-electron chi connectivity index (χ3n) is 4.87. The average Bonchev–Trinajstić information content (AvgIpc) is 2.45. The molecule has 3 nitrogen and oxygen atoms in total. The number of ketones is 1. The first-order valence-corrected chi connectivity index (χ1v) is 8.00. The molecule has 0 spiro atoms. The zero-order chi connectivity index (χ0) is 18.7. The van der Waals surface area contributed by atoms with E-state index >= 15 is 0 Å². The summed E-state index contributed by atoms with van der Waals surface area (Å²) in [6.07, 6.45) is 4.57. The first-order valence-electron chi connectivity index (χ1n) is 8.00. The summed E-state index contributed by atoms with van der Waals surface area (Å²) < 4.78 is 0. The van der Waals surface area contributed by atoms with E-state index in [4.69, 9.17) is 0 Å². The number of carbonyl (C=O) groups excluding carboxylic acids is 1. The van der Waals surface area contributed by atoms with E-state index in [1.807, 2.05) is 6.07 Å². The summed E-state index contributed by atoms with van der Waals surface area (Å²) in [6.45, 7) is 15.6. The van der Waals surface area contributed by atoms with Crippen molar-refractivity contribution in [1.82, 2.24) is 0 Å². The molecule has 0 saturated heterocycles. The number of rotatable bonds is 5. The summed E-state index contributed by atoms with van der Waals surface area (Å²) in [5.74, 6) is -0.608. The van der Waals surface area contributed by atoms with Gasteiger partial charge in [0, 0.05) is 0 Å². The molecule has 0 radical (unpaired) electrons. The number of allylic oxidation sites excluding steroid dienone is 5. The highest BCUT2D eigenvalue weighted by atomic mass is 16.3. The number of benzene rings is 1. The van der Waals surface area contributed by atoms with E-state index in [1.54, 1.807) is 18.2 Å². The van der Waals surface area contributed by atoms with Crippen molar-refractivity contribution in [2.24, 2.45) is 5.41 Å². The van der Waals surface area contributed by atoms with Gasteiger partial charge in [0.15, 0.2) is 5.78 Å². The second-order valence-corrected chi connectivity index (χ2v) is 7.53. The molecule has 1 aromatic rings. The van der Waals surface area contributed by atoms with Gasteiger partial charge in [-0.3, -0.25) is 4.79 Å². The van der Waals surface area contributed by atoms with Crippen LogP contribution in [0.2, 0.25) is 0 Å². The Labute approximate surface area is 145 Å². The Kier molecular flexibility index (Phi) is 5.83. The van der Waals surface area contributed by atoms with Gasteiger partial charge in [-0.25, -0.2) is 0 Å². The van der Waals surface area contributed by atoms with Gasteiger partial charge in [0.1, 0.15) is 11.5 Å². The highest BCUT2D eigenvalue weighted by Crippen LogP contribution is 2.42. The van der Waals surface area contributed by atoms with Gasteiger partial charge in [0.2, 0.25) is 0 Å². The van der Waals surface area contributed by atoms with E-state index in [0.29, 0.717) is 0 Å². The third-order valence-corrected chi connectivity index (χ3v) is 4.87. The first-order chi connectivity index (χ1) is 10.9. The van der Waals surface area contributed by atoms with Crippen LogP contribution in [-0.2, 0) is 5.41 Å². The number of aliphatic hydroxyl groups is 1. The fourth-order valence-electron chi connectivity index (χ4n) is 2.22. The number of carbonyl (C=O) groups is 1. The lowest BCUT2D eigenvalue weighted by Gasteiger charge is -2.39. The van der Waals surface area contributed by atoms with Crippen LogP contribution in [0.25, 0.3) is 0 Å². The molecule has 0 aliphatic rings. The van der Waals surface area contributed by atoms with Crippen LogP contribution in [-0.4, -0.2) is 16.0 Å². The van der Waals surface area contributed by atoms with Crippen molar-refractivity contribution >= 4 is 5.78 Å². The molecule has 0 unspecified atom stereocenters. The molecule has 2 N–H and O–H groups in total. The first kappa shape index (κ1) is 19.8. The Morgan fingerprint density at radius 1 is 1.17 bits per heavy atom. The van der Waals surface area contributed by atoms with Gasteiger partial charge in [-0.05, 0) is 41.5 Å². The Hall–Kier alpha value is -2.29. The maximum Gasteiger partial charge on any atom is 0.200 e. The van der Waals surface area contributed by atoms with Crippen LogP contribution in [0.5, 0.6) is 5.75 Å². The number of Topliss-reactive ketones (excluding diaryl/α,β-unsaturated/α-hetero) is 1. The van der Waals surface area contributed by atoms with Crippen molar-refractivity contribution in [2.45, 2.75) is 47.0 Å². The van der Waals surface area contributed by atoms with Crippen LogP contribution in [0.3, 0.4) is 0 Å². The smallest absolute Gasteiger partial charge is 0.200 e. The van der Waals surface area contributed by atoms with Crippen LogP contribution >= 0.6 is 0 Å². The summed E-state index contributed by atoms with van der Waals surface area (Å²) >= 11 is 0. The topological polar surface area (TPSA) is 57.5 Å². The molecule has 0 fully saturated rings. The van der Waals surface area contributed by atoms with E-state index in [2.05, 4.69) is 41.2 Å². The summed E-state index contributed by atoms with van der Waals surface area (Å²) in [5.41, 5.74) is 1.07. The second-order valence-electron chi connectivity index (χ2n) is 7.53. The van der Waals surface area contributed by atoms with E-state index in [1.165, 1.54) is 19.1 Å². The lowest BCUT2D eigenvalue weighted by molar-refractivity contribution is 0.103. The summed E-state index contributed by atoms with van der Waals surface area (Å²) in [7, 11) is 0. The molecule has 0 atom stereocenters. The molecule has 3 heteroatoms. The van der Waals surface area contributed by atoms with Gasteiger partial charge in [-0.2, -0.15) is 0 Å². The maximum atomic E-state index is 12.6. The maximum absolute atomic E-state index is 12.6. The van der Waals surface area contributed by atoms with Gasteiger partial charge < -0.3 is 10.2 Å². The molecular weight excluding hydrogens is 300 g/mol. The summed E-state index contributed by atoms with van der Waals surface area (Å²) in [5, 5.41) is 20.1. The number of hydrogen-bond acceptors (Lipinski definition) is 3. The summed E-state index contributed by atoms with van der Waals surface area (Å²) in [6, 6.07) is 5.12. The van der Waals surface area contributed by atoms with Crippen molar-refractivity contribution in [3.05, 3.63) is 65.5 Å². The molecule has 0 heterocycles. The molecule has 0 aliphatic carbocycles. The van der Waals surface area contributed by atoms with Crippen LogP contribution in [0.4, 0.5) is 0 Å². The summed E-state index contributed by atoms with van der Waals surface area (Å²) in [4.78, 5) is 12.6. The van der Waals surface area contributed by atoms with Crippen LogP contribution < -0.4 is 0 Å². The molecule has 130 valence electrons. The number of aliphatic hydroxyl groups excluding tert-OH is 1. The highest BCUT2D eigenvalue weighted by Gasteiger charge is 2.35. The second kappa shape index (κ2) is 7.08. The zero-order valence-corrected chi connectivity index (χ0v) is 15.5. The molecule has 1 rings (SSSR count). The van der Waals surface area contributed by atoms with Gasteiger partial charge in [0.25, 0.3) is 0 Å². The largest absolute Gasteiger partial charge is 0.512 e. The standard InChI is InChI=1S/C21H28O3/c1-8-9-10-16(14(2)22)19(24)17-12-11-15(13-18(17)23)21(6,7)20(3,4)5/h8-13,22-23H,1H2,2-7H3/b10-9-,16-14-.